The molecule has 0 bridgehead atoms. The number of halogens is 5. The van der Waals surface area contributed by atoms with Crippen molar-refractivity contribution in [3.63, 3.8) is 0 Å². The molecule has 1 aliphatic rings. The van der Waals surface area contributed by atoms with E-state index in [1.807, 2.05) is 0 Å². The number of nitrogens with zero attached hydrogens (tertiary/aromatic N) is 4. The Morgan fingerprint density at radius 1 is 1.16 bits per heavy atom. The quantitative estimate of drug-likeness (QED) is 0.480. The van der Waals surface area contributed by atoms with Crippen LogP contribution in [0.25, 0.3) is 11.1 Å². The van der Waals surface area contributed by atoms with E-state index < -0.39 is 11.7 Å². The third kappa shape index (κ3) is 5.02. The van der Waals surface area contributed by atoms with Gasteiger partial charge in [0.2, 0.25) is 5.91 Å². The molecule has 1 saturated heterocycles. The summed E-state index contributed by atoms with van der Waals surface area (Å²) in [6.45, 7) is 1.63. The molecule has 0 atom stereocenters. The van der Waals surface area contributed by atoms with E-state index in [9.17, 15) is 18.0 Å². The van der Waals surface area contributed by atoms with Gasteiger partial charge in [0.1, 0.15) is 11.3 Å². The summed E-state index contributed by atoms with van der Waals surface area (Å²) in [5.74, 6) is 0.345. The lowest BCUT2D eigenvalue weighted by Crippen LogP contribution is -2.49. The first kappa shape index (κ1) is 22.0. The topological polar surface area (TPSA) is 62.5 Å². The second-order valence-corrected chi connectivity index (χ2v) is 8.55. The number of amides is 1. The second kappa shape index (κ2) is 8.76. The highest BCUT2D eigenvalue weighted by Gasteiger charge is 2.32. The second-order valence-electron chi connectivity index (χ2n) is 6.78. The van der Waals surface area contributed by atoms with Crippen LogP contribution in [-0.4, -0.2) is 52.7 Å². The van der Waals surface area contributed by atoms with Crippen molar-refractivity contribution in [3.05, 3.63) is 46.1 Å². The van der Waals surface area contributed by atoms with Crippen LogP contribution in [0.1, 0.15) is 5.56 Å². The van der Waals surface area contributed by atoms with Crippen LogP contribution < -0.4 is 4.90 Å². The molecule has 1 aromatic carbocycles. The number of thioether (sulfide) groups is 1. The van der Waals surface area contributed by atoms with Crippen molar-refractivity contribution >= 4 is 57.8 Å². The Balaban J connectivity index is 1.32. The maximum Gasteiger partial charge on any atom is 0.417 e. The molecule has 2 aromatic heterocycles. The molecule has 3 heterocycles. The molecule has 1 amide bonds. The minimum atomic E-state index is -4.50. The standard InChI is InChI=1S/C19H15Cl2F3N4O2S/c20-12-1-2-15-14(8-12)26-18(30-15)31-10-16(29)27-3-5-28(6-4-27)17-13(21)7-11(9-25-17)19(22,23)24/h1-2,7-9H,3-6,10H2. The third-order valence-corrected chi connectivity index (χ3v) is 6.06. The number of pyridine rings is 1. The molecule has 12 heteroatoms. The number of carbonyl (C=O) groups is 1. The molecule has 31 heavy (non-hydrogen) atoms. The van der Waals surface area contributed by atoms with Crippen molar-refractivity contribution < 1.29 is 22.4 Å². The highest BCUT2D eigenvalue weighted by atomic mass is 35.5. The van der Waals surface area contributed by atoms with Crippen LogP contribution >= 0.6 is 35.0 Å². The van der Waals surface area contributed by atoms with Crippen molar-refractivity contribution in [2.45, 2.75) is 11.4 Å². The van der Waals surface area contributed by atoms with Gasteiger partial charge in [-0.15, -0.1) is 0 Å². The number of hydrogen-bond acceptors (Lipinski definition) is 6. The minimum absolute atomic E-state index is 0.0683. The van der Waals surface area contributed by atoms with Gasteiger partial charge in [-0.25, -0.2) is 9.97 Å². The molecule has 6 nitrogen and oxygen atoms in total. The predicted octanol–water partition coefficient (Wildman–Crippen LogP) is 4.99. The Hall–Kier alpha value is -2.17. The number of anilines is 1. The van der Waals surface area contributed by atoms with Crippen molar-refractivity contribution in [3.8, 4) is 0 Å². The number of benzene rings is 1. The van der Waals surface area contributed by atoms with Crippen LogP contribution in [-0.2, 0) is 11.0 Å². The zero-order chi connectivity index (χ0) is 22.2. The molecule has 4 rings (SSSR count). The van der Waals surface area contributed by atoms with Crippen LogP contribution in [0.15, 0.2) is 40.1 Å². The molecular formula is C19H15Cl2F3N4O2S. The fourth-order valence-corrected chi connectivity index (χ4v) is 4.34. The van der Waals surface area contributed by atoms with Gasteiger partial charge in [-0.3, -0.25) is 4.79 Å². The average molecular weight is 491 g/mol. The summed E-state index contributed by atoms with van der Waals surface area (Å²) in [7, 11) is 0. The van der Waals surface area contributed by atoms with Crippen LogP contribution in [0.2, 0.25) is 10.0 Å². The first-order chi connectivity index (χ1) is 14.7. The van der Waals surface area contributed by atoms with Gasteiger partial charge in [-0.1, -0.05) is 35.0 Å². The minimum Gasteiger partial charge on any atom is -0.431 e. The molecule has 0 spiro atoms. The maximum atomic E-state index is 12.8. The van der Waals surface area contributed by atoms with Crippen LogP contribution in [0.5, 0.6) is 0 Å². The Morgan fingerprint density at radius 2 is 1.90 bits per heavy atom. The number of carbonyl (C=O) groups excluding carboxylic acids is 1. The van der Waals surface area contributed by atoms with Crippen LogP contribution in [0.4, 0.5) is 19.0 Å². The summed E-state index contributed by atoms with van der Waals surface area (Å²) in [4.78, 5) is 24.2. The highest BCUT2D eigenvalue weighted by molar-refractivity contribution is 7.99. The Kier molecular flexibility index (Phi) is 6.23. The number of hydrogen-bond donors (Lipinski definition) is 0. The zero-order valence-electron chi connectivity index (χ0n) is 15.8. The Morgan fingerprint density at radius 3 is 2.58 bits per heavy atom. The molecule has 0 saturated carbocycles. The average Bonchev–Trinajstić information content (AvgIpc) is 3.13. The summed E-state index contributed by atoms with van der Waals surface area (Å²) >= 11 is 13.1. The summed E-state index contributed by atoms with van der Waals surface area (Å²) < 4.78 is 43.9. The van der Waals surface area contributed by atoms with E-state index in [2.05, 4.69) is 9.97 Å². The van der Waals surface area contributed by atoms with Crippen LogP contribution in [0, 0.1) is 0 Å². The summed E-state index contributed by atoms with van der Waals surface area (Å²) in [6.07, 6.45) is -3.73. The van der Waals surface area contributed by atoms with Gasteiger partial charge in [0.25, 0.3) is 5.22 Å². The molecule has 0 aliphatic carbocycles. The Bertz CT molecular complexity index is 1120. The molecule has 1 aliphatic heterocycles. The van der Waals surface area contributed by atoms with E-state index in [0.29, 0.717) is 47.5 Å². The van der Waals surface area contributed by atoms with Crippen molar-refractivity contribution in [1.82, 2.24) is 14.9 Å². The summed E-state index contributed by atoms with van der Waals surface area (Å²) in [5.41, 5.74) is 0.319. The van der Waals surface area contributed by atoms with Gasteiger partial charge < -0.3 is 14.2 Å². The summed E-state index contributed by atoms with van der Waals surface area (Å²) in [5, 5.41) is 0.861. The lowest BCUT2D eigenvalue weighted by molar-refractivity contribution is -0.137. The van der Waals surface area contributed by atoms with Gasteiger partial charge in [-0.05, 0) is 24.3 Å². The first-order valence-corrected chi connectivity index (χ1v) is 10.9. The van der Waals surface area contributed by atoms with Gasteiger partial charge in [0.05, 0.1) is 16.3 Å². The van der Waals surface area contributed by atoms with Crippen molar-refractivity contribution in [2.75, 3.05) is 36.8 Å². The normalized spacial score (nSPS) is 15.0. The summed E-state index contributed by atoms with van der Waals surface area (Å²) in [6, 6.07) is 5.97. The molecule has 3 aromatic rings. The number of rotatable bonds is 4. The van der Waals surface area contributed by atoms with Gasteiger partial charge >= 0.3 is 6.18 Å². The van der Waals surface area contributed by atoms with Crippen LogP contribution in [0.3, 0.4) is 0 Å². The van der Waals surface area contributed by atoms with Crippen molar-refractivity contribution in [2.24, 2.45) is 0 Å². The number of oxazole rings is 1. The number of piperazine rings is 1. The fourth-order valence-electron chi connectivity index (χ4n) is 3.14. The van der Waals surface area contributed by atoms with E-state index in [-0.39, 0.29) is 22.5 Å². The van der Waals surface area contributed by atoms with E-state index in [0.717, 1.165) is 12.3 Å². The SMILES string of the molecule is O=C(CSc1nc2cc(Cl)ccc2o1)N1CCN(c2ncc(C(F)(F)F)cc2Cl)CC1. The smallest absolute Gasteiger partial charge is 0.417 e. The molecule has 0 N–H and O–H groups in total. The largest absolute Gasteiger partial charge is 0.431 e. The fraction of sp³-hybridized carbons (Fsp3) is 0.316. The predicted molar refractivity (Wildman–Crippen MR) is 113 cm³/mol. The highest BCUT2D eigenvalue weighted by Crippen LogP contribution is 2.34. The lowest BCUT2D eigenvalue weighted by atomic mass is 10.2. The molecular weight excluding hydrogens is 476 g/mol. The first-order valence-electron chi connectivity index (χ1n) is 9.15. The van der Waals surface area contributed by atoms with E-state index in [1.54, 1.807) is 28.0 Å². The monoisotopic (exact) mass is 490 g/mol. The van der Waals surface area contributed by atoms with E-state index in [1.165, 1.54) is 11.8 Å². The number of aromatic nitrogens is 2. The zero-order valence-corrected chi connectivity index (χ0v) is 18.2. The van der Waals surface area contributed by atoms with Gasteiger partial charge in [0, 0.05) is 37.4 Å². The molecule has 1 fully saturated rings. The number of alkyl halides is 3. The van der Waals surface area contributed by atoms with E-state index in [4.69, 9.17) is 27.6 Å². The molecule has 0 unspecified atom stereocenters. The van der Waals surface area contributed by atoms with E-state index >= 15 is 0 Å². The maximum absolute atomic E-state index is 12.8. The third-order valence-electron chi connectivity index (χ3n) is 4.73. The van der Waals surface area contributed by atoms with Gasteiger partial charge in [-0.2, -0.15) is 13.2 Å². The molecule has 0 radical (unpaired) electrons. The van der Waals surface area contributed by atoms with Gasteiger partial charge in [0.15, 0.2) is 5.58 Å². The Labute approximate surface area is 189 Å². The van der Waals surface area contributed by atoms with Crippen molar-refractivity contribution in [1.29, 1.82) is 0 Å². The number of fused-ring (bicyclic) bond motifs is 1. The lowest BCUT2D eigenvalue weighted by Gasteiger charge is -2.35. The molecule has 164 valence electrons.